The van der Waals surface area contributed by atoms with Crippen molar-refractivity contribution in [1.29, 1.82) is 0 Å². The van der Waals surface area contributed by atoms with E-state index in [2.05, 4.69) is 15.6 Å². The fourth-order valence-electron chi connectivity index (χ4n) is 4.84. The number of nitrogens with one attached hydrogen (secondary N) is 2. The molecule has 1 aliphatic heterocycles. The van der Waals surface area contributed by atoms with Gasteiger partial charge in [-0.1, -0.05) is 45.0 Å². The summed E-state index contributed by atoms with van der Waals surface area (Å²) in [6, 6.07) is 6.28. The molecule has 1 aromatic carbocycles. The number of ether oxygens (including phenoxy) is 1. The third kappa shape index (κ3) is 8.53. The minimum atomic E-state index is -0.884. The summed E-state index contributed by atoms with van der Waals surface area (Å²) >= 11 is 1.59. The molecule has 1 aliphatic rings. The quantitative estimate of drug-likeness (QED) is 0.455. The van der Waals surface area contributed by atoms with Gasteiger partial charge in [-0.3, -0.25) is 14.4 Å². The Labute approximate surface area is 253 Å². The number of hydrogen-bond donors (Lipinski definition) is 2. The first kappa shape index (κ1) is 33.0. The zero-order valence-corrected chi connectivity index (χ0v) is 27.1. The maximum absolute atomic E-state index is 13.8. The molecule has 0 spiro atoms. The van der Waals surface area contributed by atoms with E-state index in [9.17, 15) is 19.2 Å². The number of nitrogens with zero attached hydrogens (tertiary/aromatic N) is 3. The molecule has 0 saturated carbocycles. The number of amides is 4. The monoisotopic (exact) mass is 599 g/mol. The first-order chi connectivity index (χ1) is 19.5. The molecular weight excluding hydrogens is 554 g/mol. The first-order valence-corrected chi connectivity index (χ1v) is 15.2. The van der Waals surface area contributed by atoms with Crippen molar-refractivity contribution in [1.82, 2.24) is 25.4 Å². The van der Waals surface area contributed by atoms with Crippen LogP contribution in [0.15, 0.2) is 29.8 Å². The number of rotatable bonds is 8. The first-order valence-electron chi connectivity index (χ1n) is 14.3. The van der Waals surface area contributed by atoms with E-state index in [1.807, 2.05) is 64.4 Å². The van der Waals surface area contributed by atoms with Gasteiger partial charge in [0.25, 0.3) is 0 Å². The molecule has 1 fully saturated rings. The van der Waals surface area contributed by atoms with Crippen molar-refractivity contribution >= 4 is 35.2 Å². The highest BCUT2D eigenvalue weighted by atomic mass is 32.1. The third-order valence-electron chi connectivity index (χ3n) is 7.12. The average Bonchev–Trinajstić information content (AvgIpc) is 3.54. The van der Waals surface area contributed by atoms with Crippen LogP contribution in [0.4, 0.5) is 4.79 Å². The van der Waals surface area contributed by atoms with E-state index >= 15 is 0 Å². The molecule has 2 N–H and O–H groups in total. The molecule has 4 amide bonds. The minimum absolute atomic E-state index is 0.223. The highest BCUT2D eigenvalue weighted by Gasteiger charge is 2.42. The molecule has 230 valence electrons. The molecule has 3 rings (SSSR count). The number of carbonyl (C=O) groups excluding carboxylic acids is 4. The van der Waals surface area contributed by atoms with Crippen LogP contribution in [0, 0.1) is 12.3 Å². The van der Waals surface area contributed by atoms with Crippen LogP contribution >= 0.6 is 11.3 Å². The third-order valence-corrected chi connectivity index (χ3v) is 8.10. The summed E-state index contributed by atoms with van der Waals surface area (Å²) in [5.41, 5.74) is 3.52. The number of thiazole rings is 1. The largest absolute Gasteiger partial charge is 0.444 e. The summed E-state index contributed by atoms with van der Waals surface area (Å²) in [5, 5.41) is 5.89. The van der Waals surface area contributed by atoms with Crippen molar-refractivity contribution < 1.29 is 23.9 Å². The van der Waals surface area contributed by atoms with E-state index in [-0.39, 0.29) is 24.4 Å². The smallest absolute Gasteiger partial charge is 0.410 e. The molecule has 11 heteroatoms. The maximum atomic E-state index is 13.8. The molecule has 2 aromatic rings. The summed E-state index contributed by atoms with van der Waals surface area (Å²) in [5.74, 6) is -1.02. The highest BCUT2D eigenvalue weighted by Crippen LogP contribution is 2.29. The van der Waals surface area contributed by atoms with Crippen LogP contribution in [0.25, 0.3) is 10.4 Å². The molecule has 1 saturated heterocycles. The van der Waals surface area contributed by atoms with Crippen LogP contribution in [-0.2, 0) is 19.1 Å². The van der Waals surface area contributed by atoms with Gasteiger partial charge in [-0.05, 0) is 64.0 Å². The molecule has 1 aromatic heterocycles. The summed E-state index contributed by atoms with van der Waals surface area (Å²) in [6.45, 7) is 14.9. The normalized spacial score (nSPS) is 16.9. The second kappa shape index (κ2) is 13.2. The van der Waals surface area contributed by atoms with Gasteiger partial charge in [0.1, 0.15) is 24.2 Å². The van der Waals surface area contributed by atoms with Gasteiger partial charge in [-0.25, -0.2) is 9.78 Å². The zero-order chi connectivity index (χ0) is 31.4. The molecule has 2 heterocycles. The van der Waals surface area contributed by atoms with Gasteiger partial charge in [-0.2, -0.15) is 0 Å². The minimum Gasteiger partial charge on any atom is -0.444 e. The van der Waals surface area contributed by atoms with E-state index in [1.165, 1.54) is 11.9 Å². The second-order valence-corrected chi connectivity index (χ2v) is 13.9. The summed E-state index contributed by atoms with van der Waals surface area (Å²) in [7, 11) is 1.47. The molecule has 0 bridgehead atoms. The fraction of sp³-hybridized carbons (Fsp3) is 0.581. The topological polar surface area (TPSA) is 121 Å². The predicted molar refractivity (Wildman–Crippen MR) is 164 cm³/mol. The van der Waals surface area contributed by atoms with Crippen molar-refractivity contribution in [3.63, 3.8) is 0 Å². The molecule has 0 aliphatic carbocycles. The van der Waals surface area contributed by atoms with Crippen LogP contribution in [-0.4, -0.2) is 76.4 Å². The van der Waals surface area contributed by atoms with Crippen LogP contribution < -0.4 is 10.6 Å². The number of benzene rings is 1. The number of hydrogen-bond acceptors (Lipinski definition) is 7. The van der Waals surface area contributed by atoms with Crippen molar-refractivity contribution in [2.75, 3.05) is 20.1 Å². The fourth-order valence-corrected chi connectivity index (χ4v) is 5.65. The van der Waals surface area contributed by atoms with E-state index in [0.29, 0.717) is 19.4 Å². The number of aryl methyl sites for hydroxylation is 1. The van der Waals surface area contributed by atoms with E-state index in [1.54, 1.807) is 37.0 Å². The molecular formula is C31H45N5O5S. The van der Waals surface area contributed by atoms with Crippen molar-refractivity contribution in [3.8, 4) is 10.4 Å². The zero-order valence-electron chi connectivity index (χ0n) is 26.2. The van der Waals surface area contributed by atoms with Crippen molar-refractivity contribution in [2.45, 2.75) is 92.0 Å². The van der Waals surface area contributed by atoms with Crippen LogP contribution in [0.1, 0.15) is 78.6 Å². The summed E-state index contributed by atoms with van der Waals surface area (Å²) in [6.07, 6.45) is 0.600. The Hall–Kier alpha value is -3.47. The van der Waals surface area contributed by atoms with Crippen LogP contribution in [0.3, 0.4) is 0 Å². The van der Waals surface area contributed by atoms with Gasteiger partial charge in [0.2, 0.25) is 17.7 Å². The van der Waals surface area contributed by atoms with Gasteiger partial charge < -0.3 is 25.2 Å². The van der Waals surface area contributed by atoms with Crippen LogP contribution in [0.5, 0.6) is 0 Å². The number of likely N-dealkylation sites (N-methyl/N-ethyl adjacent to an activating group) is 1. The number of aromatic nitrogens is 1. The second-order valence-electron chi connectivity index (χ2n) is 13.0. The van der Waals surface area contributed by atoms with Crippen molar-refractivity contribution in [2.24, 2.45) is 5.41 Å². The lowest BCUT2D eigenvalue weighted by Gasteiger charge is -2.36. The summed E-state index contributed by atoms with van der Waals surface area (Å²) in [4.78, 5) is 60.6. The standard InChI is InChI=1S/C31H45N5O5S/c1-19(21-12-14-22(15-13-21)25-20(2)32-18-42-25)33-27(38)23-11-10-16-36(23)28(39)26(30(3,4)5)34-24(37)17-35(9)29(40)41-31(6,7)8/h12-15,18-19,23,26H,10-11,16-17H2,1-9H3,(H,33,38)(H,34,37). The lowest BCUT2D eigenvalue weighted by molar-refractivity contribution is -0.144. The average molecular weight is 600 g/mol. The van der Waals surface area contributed by atoms with E-state index in [4.69, 9.17) is 4.74 Å². The molecule has 10 nitrogen and oxygen atoms in total. The Morgan fingerprint density at radius 3 is 2.29 bits per heavy atom. The molecule has 42 heavy (non-hydrogen) atoms. The Bertz CT molecular complexity index is 1280. The Kier molecular flexibility index (Phi) is 10.4. The molecule has 0 radical (unpaired) electrons. The Morgan fingerprint density at radius 1 is 1.10 bits per heavy atom. The highest BCUT2D eigenvalue weighted by molar-refractivity contribution is 7.13. The van der Waals surface area contributed by atoms with E-state index < -0.39 is 35.1 Å². The van der Waals surface area contributed by atoms with E-state index in [0.717, 1.165) is 21.7 Å². The number of carbonyl (C=O) groups is 4. The van der Waals surface area contributed by atoms with Gasteiger partial charge >= 0.3 is 6.09 Å². The molecule has 3 atom stereocenters. The van der Waals surface area contributed by atoms with Crippen molar-refractivity contribution in [3.05, 3.63) is 41.0 Å². The van der Waals surface area contributed by atoms with Gasteiger partial charge in [0, 0.05) is 13.6 Å². The maximum Gasteiger partial charge on any atom is 0.410 e. The SMILES string of the molecule is Cc1ncsc1-c1ccc(C(C)NC(=O)C2CCCN2C(=O)C(NC(=O)CN(C)C(=O)OC(C)(C)C)C(C)(C)C)cc1. The van der Waals surface area contributed by atoms with Crippen LogP contribution in [0.2, 0.25) is 0 Å². The summed E-state index contributed by atoms with van der Waals surface area (Å²) < 4.78 is 5.32. The lowest BCUT2D eigenvalue weighted by Crippen LogP contribution is -2.58. The predicted octanol–water partition coefficient (Wildman–Crippen LogP) is 4.68. The Balaban J connectivity index is 1.65. The Morgan fingerprint density at radius 2 is 1.74 bits per heavy atom. The molecule has 3 unspecified atom stereocenters. The van der Waals surface area contributed by atoms with Gasteiger partial charge in [0.05, 0.1) is 22.1 Å². The lowest BCUT2D eigenvalue weighted by atomic mass is 9.85. The van der Waals surface area contributed by atoms with Gasteiger partial charge in [-0.15, -0.1) is 11.3 Å². The van der Waals surface area contributed by atoms with Gasteiger partial charge in [0.15, 0.2) is 0 Å². The number of likely N-dealkylation sites (tertiary alicyclic amines) is 1.